The fourth-order valence-electron chi connectivity index (χ4n) is 9.02. The minimum atomic E-state index is -2.14. The molecule has 3 fully saturated rings. The molecule has 0 aromatic carbocycles. The third-order valence-corrected chi connectivity index (χ3v) is 17.4. The third-order valence-electron chi connectivity index (χ3n) is 12.9. The van der Waals surface area contributed by atoms with Crippen LogP contribution in [0.4, 0.5) is 0 Å². The predicted molar refractivity (Wildman–Crippen MR) is 190 cm³/mol. The Morgan fingerprint density at radius 2 is 1.61 bits per heavy atom. The fourth-order valence-corrected chi connectivity index (χ4v) is 10.4. The molecule has 5 rings (SSSR count). The number of fused-ring (bicyclic) bond motifs is 5. The molecule has 0 spiro atoms. The van der Waals surface area contributed by atoms with Gasteiger partial charge in [-0.1, -0.05) is 52.8 Å². The van der Waals surface area contributed by atoms with Crippen molar-refractivity contribution in [3.63, 3.8) is 0 Å². The molecule has 0 amide bonds. The average Bonchev–Trinajstić information content (AvgIpc) is 3.62. The first-order valence-corrected chi connectivity index (χ1v) is 21.8. The van der Waals surface area contributed by atoms with Crippen LogP contribution >= 0.6 is 0 Å². The number of ether oxygens (including phenoxy) is 6. The number of carbonyl (C=O) groups is 2. The van der Waals surface area contributed by atoms with Gasteiger partial charge in [-0.15, -0.1) is 0 Å². The molecule has 5 unspecified atom stereocenters. The van der Waals surface area contributed by atoms with E-state index >= 15 is 0 Å². The quantitative estimate of drug-likeness (QED) is 0.150. The van der Waals surface area contributed by atoms with Gasteiger partial charge in [-0.2, -0.15) is 0 Å². The Morgan fingerprint density at radius 3 is 2.24 bits per heavy atom. The molecule has 9 nitrogen and oxygen atoms in total. The zero-order chi connectivity index (χ0) is 35.8. The molecule has 49 heavy (non-hydrogen) atoms. The summed E-state index contributed by atoms with van der Waals surface area (Å²) in [6, 6.07) is 0. The van der Waals surface area contributed by atoms with Crippen molar-refractivity contribution in [2.24, 2.45) is 35.5 Å². The van der Waals surface area contributed by atoms with E-state index in [1.165, 1.54) is 0 Å². The van der Waals surface area contributed by atoms with E-state index in [1.54, 1.807) is 21.3 Å². The molecule has 0 aromatic heterocycles. The zero-order valence-electron chi connectivity index (χ0n) is 31.9. The van der Waals surface area contributed by atoms with Crippen molar-refractivity contribution in [2.75, 3.05) is 21.3 Å². The van der Waals surface area contributed by atoms with Crippen LogP contribution in [0.15, 0.2) is 23.8 Å². The molecule has 0 N–H and O–H groups in total. The monoisotopic (exact) mass is 704 g/mol. The highest BCUT2D eigenvalue weighted by molar-refractivity contribution is 6.74. The van der Waals surface area contributed by atoms with Crippen LogP contribution < -0.4 is 0 Å². The van der Waals surface area contributed by atoms with Crippen LogP contribution in [-0.4, -0.2) is 90.4 Å². The Balaban J connectivity index is 1.39. The van der Waals surface area contributed by atoms with Crippen LogP contribution in [0.2, 0.25) is 18.1 Å². The highest BCUT2D eigenvalue weighted by atomic mass is 28.4. The predicted octanol–water partition coefficient (Wildman–Crippen LogP) is 7.04. The molecule has 0 radical (unpaired) electrons. The van der Waals surface area contributed by atoms with E-state index in [0.29, 0.717) is 11.8 Å². The molecule has 3 aliphatic carbocycles. The summed E-state index contributed by atoms with van der Waals surface area (Å²) in [5.41, 5.74) is 0.795. The molecule has 5 aliphatic rings. The number of methoxy groups -OCH3 is 3. The maximum atomic E-state index is 14.6. The molecular weight excluding hydrogens is 641 g/mol. The summed E-state index contributed by atoms with van der Waals surface area (Å²) in [6.07, 6.45) is 9.81. The van der Waals surface area contributed by atoms with Gasteiger partial charge in [-0.05, 0) is 92.8 Å². The Hall–Kier alpha value is -1.40. The van der Waals surface area contributed by atoms with E-state index in [2.05, 4.69) is 65.9 Å². The van der Waals surface area contributed by atoms with Crippen molar-refractivity contribution in [3.8, 4) is 0 Å². The van der Waals surface area contributed by atoms with Gasteiger partial charge in [0, 0.05) is 33.2 Å². The number of carbonyl (C=O) groups excluding carboxylic acids is 2. The van der Waals surface area contributed by atoms with E-state index in [9.17, 15) is 9.59 Å². The maximum absolute atomic E-state index is 14.6. The fraction of sp³-hybridized carbons (Fsp3) is 0.846. The number of hydrogen-bond acceptors (Lipinski definition) is 9. The van der Waals surface area contributed by atoms with Crippen LogP contribution in [0.5, 0.6) is 0 Å². The van der Waals surface area contributed by atoms with Gasteiger partial charge < -0.3 is 32.8 Å². The van der Waals surface area contributed by atoms with Crippen LogP contribution in [0.1, 0.15) is 86.5 Å². The maximum Gasteiger partial charge on any atom is 0.306 e. The molecule has 14 atom stereocenters. The van der Waals surface area contributed by atoms with Crippen molar-refractivity contribution in [1.29, 1.82) is 0 Å². The number of rotatable bonds is 8. The minimum Gasteiger partial charge on any atom is -0.462 e. The third kappa shape index (κ3) is 8.01. The summed E-state index contributed by atoms with van der Waals surface area (Å²) < 4.78 is 43.4. The second-order valence-electron chi connectivity index (χ2n) is 16.9. The lowest BCUT2D eigenvalue weighted by molar-refractivity contribution is -0.314. The summed E-state index contributed by atoms with van der Waals surface area (Å²) in [4.78, 5) is 28.1. The lowest BCUT2D eigenvalue weighted by Crippen LogP contribution is -2.59. The Bertz CT molecular complexity index is 1230. The average molecular weight is 705 g/mol. The number of cyclic esters (lactones) is 1. The lowest BCUT2D eigenvalue weighted by Gasteiger charge is -2.44. The summed E-state index contributed by atoms with van der Waals surface area (Å²) >= 11 is 0. The van der Waals surface area contributed by atoms with Gasteiger partial charge in [0.2, 0.25) is 0 Å². The van der Waals surface area contributed by atoms with Crippen LogP contribution in [0.25, 0.3) is 0 Å². The zero-order valence-corrected chi connectivity index (χ0v) is 32.9. The van der Waals surface area contributed by atoms with Gasteiger partial charge in [0.25, 0.3) is 0 Å². The summed E-state index contributed by atoms with van der Waals surface area (Å²) in [5.74, 6) is 0.262. The Labute approximate surface area is 296 Å². The number of allylic oxidation sites excluding steroid dienone is 4. The molecule has 2 aliphatic heterocycles. The van der Waals surface area contributed by atoms with Crippen LogP contribution in [-0.2, 0) is 42.4 Å². The van der Waals surface area contributed by atoms with Gasteiger partial charge in [-0.25, -0.2) is 0 Å². The van der Waals surface area contributed by atoms with E-state index in [-0.39, 0.29) is 83.5 Å². The second-order valence-corrected chi connectivity index (χ2v) is 21.6. The summed E-state index contributed by atoms with van der Waals surface area (Å²) in [5, 5.41) is 0.0336. The van der Waals surface area contributed by atoms with Crippen molar-refractivity contribution in [3.05, 3.63) is 23.8 Å². The minimum absolute atomic E-state index is 0.0336. The Kier molecular flexibility index (Phi) is 12.4. The van der Waals surface area contributed by atoms with Crippen molar-refractivity contribution >= 4 is 20.1 Å². The van der Waals surface area contributed by atoms with Gasteiger partial charge in [0.05, 0.1) is 24.7 Å². The topological polar surface area (TPSA) is 98.8 Å². The van der Waals surface area contributed by atoms with Crippen molar-refractivity contribution in [2.45, 2.75) is 154 Å². The number of hydrogen-bond donors (Lipinski definition) is 0. The van der Waals surface area contributed by atoms with Gasteiger partial charge in [0.15, 0.2) is 20.4 Å². The van der Waals surface area contributed by atoms with Crippen molar-refractivity contribution < 1.29 is 42.4 Å². The summed E-state index contributed by atoms with van der Waals surface area (Å²) in [7, 11) is 2.84. The number of ketones is 1. The largest absolute Gasteiger partial charge is 0.462 e. The van der Waals surface area contributed by atoms with E-state index in [0.717, 1.165) is 44.1 Å². The first kappa shape index (κ1) is 38.8. The number of esters is 1. The molecule has 10 heteroatoms. The molecular formula is C39H64O9Si. The lowest BCUT2D eigenvalue weighted by atomic mass is 9.70. The normalized spacial score (nSPS) is 42.0. The standard InChI is InChI=1S/C39H64O9Si/c1-12-25-14-13-15-32(48-49(10,11)39(4,5)6)22(2)34(41)31-20-29-27(30(31)21-33(40)46-25)17-16-24-18-26(19-28(24)29)47-38-37(44-9)36(43-8)35(42-7)23(3)45-38/h16-17,20,22-30,32,35-38H,12-15,18-19,21H2,1-11H3/t22-,23?,24-,25+,26-,27-,28-,29-,30+,32+,35?,36?,37?,38?/m1/s1. The molecule has 2 heterocycles. The molecule has 2 saturated heterocycles. The van der Waals surface area contributed by atoms with Gasteiger partial charge in [0.1, 0.15) is 24.4 Å². The first-order valence-electron chi connectivity index (χ1n) is 18.8. The van der Waals surface area contributed by atoms with Crippen LogP contribution in [0, 0.1) is 35.5 Å². The molecule has 1 saturated carbocycles. The van der Waals surface area contributed by atoms with E-state index < -0.39 is 20.7 Å². The molecule has 0 aromatic rings. The highest BCUT2D eigenvalue weighted by Crippen LogP contribution is 2.54. The van der Waals surface area contributed by atoms with Gasteiger partial charge >= 0.3 is 5.97 Å². The van der Waals surface area contributed by atoms with Crippen LogP contribution in [0.3, 0.4) is 0 Å². The molecule has 0 bridgehead atoms. The van der Waals surface area contributed by atoms with E-state index in [1.807, 2.05) is 6.92 Å². The second kappa shape index (κ2) is 15.7. The van der Waals surface area contributed by atoms with E-state index in [4.69, 9.17) is 32.8 Å². The van der Waals surface area contributed by atoms with Crippen molar-refractivity contribution in [1.82, 2.24) is 0 Å². The summed E-state index contributed by atoms with van der Waals surface area (Å²) in [6.45, 7) is 17.4. The molecule has 278 valence electrons. The number of Topliss-reactive ketones (excluding diaryl/α,β-unsaturated/α-hetero) is 1. The van der Waals surface area contributed by atoms with Gasteiger partial charge in [-0.3, -0.25) is 9.59 Å². The first-order chi connectivity index (χ1) is 23.1. The SMILES string of the molecule is CC[C@H]1CCC[C@H](O[Si](C)(C)C(C)(C)C)[C@@H](C)C(=O)C2=C[C@@H]3[C@@H](C=C[C@@H]4C[C@@H](OC5OC(C)C(OC)C(OC)C5OC)C[C@@H]34)[C@@H]2CC(=O)O1. The highest BCUT2D eigenvalue weighted by Gasteiger charge is 2.53. The Morgan fingerprint density at radius 1 is 0.918 bits per heavy atom. The smallest absolute Gasteiger partial charge is 0.306 e.